The minimum Gasteiger partial charge on any atom is -0.353 e. The minimum absolute atomic E-state index is 0.224. The number of anilines is 1. The summed E-state index contributed by atoms with van der Waals surface area (Å²) in [7, 11) is 3.93. The zero-order valence-electron chi connectivity index (χ0n) is 9.60. The highest BCUT2D eigenvalue weighted by Crippen LogP contribution is 2.27. The first-order chi connectivity index (χ1) is 7.00. The number of hydrogen-bond donors (Lipinski definition) is 1. The molecule has 1 rings (SSSR count). The molecule has 0 spiro atoms. The largest absolute Gasteiger partial charge is 0.353 e. The van der Waals surface area contributed by atoms with Crippen molar-refractivity contribution in [1.29, 1.82) is 0 Å². The predicted molar refractivity (Wildman–Crippen MR) is 67.8 cm³/mol. The molecule has 0 saturated heterocycles. The highest BCUT2D eigenvalue weighted by atomic mass is 32.2. The lowest BCUT2D eigenvalue weighted by Crippen LogP contribution is -2.28. The average Bonchev–Trinajstić information content (AvgIpc) is 2.62. The van der Waals surface area contributed by atoms with Crippen LogP contribution in [0.1, 0.15) is 13.8 Å². The van der Waals surface area contributed by atoms with Crippen molar-refractivity contribution in [2.75, 3.05) is 24.7 Å². The van der Waals surface area contributed by atoms with Crippen molar-refractivity contribution in [3.05, 3.63) is 0 Å². The molecule has 2 N–H and O–H groups in total. The van der Waals surface area contributed by atoms with Crippen LogP contribution in [0.4, 0.5) is 5.13 Å². The molecule has 0 radical (unpaired) electrons. The maximum Gasteiger partial charge on any atom is 0.208 e. The molecule has 0 aromatic carbocycles. The van der Waals surface area contributed by atoms with E-state index < -0.39 is 0 Å². The van der Waals surface area contributed by atoms with Crippen LogP contribution in [0.5, 0.6) is 0 Å². The third kappa shape index (κ3) is 3.96. The van der Waals surface area contributed by atoms with Gasteiger partial charge in [-0.3, -0.25) is 0 Å². The van der Waals surface area contributed by atoms with E-state index >= 15 is 0 Å². The molecule has 0 bridgehead atoms. The van der Waals surface area contributed by atoms with Crippen molar-refractivity contribution in [3.8, 4) is 0 Å². The van der Waals surface area contributed by atoms with Crippen LogP contribution in [-0.4, -0.2) is 36.1 Å². The summed E-state index contributed by atoms with van der Waals surface area (Å²) in [4.78, 5) is 1.96. The number of hydrogen-bond acceptors (Lipinski definition) is 6. The summed E-state index contributed by atoms with van der Waals surface area (Å²) >= 11 is 3.29. The van der Waals surface area contributed by atoms with Gasteiger partial charge in [0.25, 0.3) is 0 Å². The van der Waals surface area contributed by atoms with Crippen molar-refractivity contribution < 1.29 is 0 Å². The molecule has 4 nitrogen and oxygen atoms in total. The average molecular weight is 246 g/mol. The van der Waals surface area contributed by atoms with Gasteiger partial charge in [-0.05, 0) is 5.92 Å². The fourth-order valence-corrected chi connectivity index (χ4v) is 2.79. The molecule has 1 aromatic heterocycles. The molecule has 0 aliphatic heterocycles. The van der Waals surface area contributed by atoms with Crippen LogP contribution in [0.2, 0.25) is 0 Å². The minimum atomic E-state index is 0.224. The quantitative estimate of drug-likeness (QED) is 0.801. The summed E-state index contributed by atoms with van der Waals surface area (Å²) in [5, 5.41) is 9.11. The first-order valence-corrected chi connectivity index (χ1v) is 6.70. The van der Waals surface area contributed by atoms with Gasteiger partial charge in [-0.15, -0.1) is 10.2 Å². The van der Waals surface area contributed by atoms with Crippen LogP contribution in [0.25, 0.3) is 0 Å². The molecule has 0 aliphatic rings. The summed E-state index contributed by atoms with van der Waals surface area (Å²) in [6, 6.07) is 0.224. The highest BCUT2D eigenvalue weighted by molar-refractivity contribution is 8.01. The Morgan fingerprint density at radius 2 is 2.07 bits per heavy atom. The van der Waals surface area contributed by atoms with Gasteiger partial charge in [0, 0.05) is 25.9 Å². The number of thioether (sulfide) groups is 1. The molecule has 1 aromatic rings. The lowest BCUT2D eigenvalue weighted by atomic mass is 10.1. The molecule has 86 valence electrons. The van der Waals surface area contributed by atoms with Crippen LogP contribution in [0.3, 0.4) is 0 Å². The molecular weight excluding hydrogens is 228 g/mol. The maximum atomic E-state index is 5.96. The number of rotatable bonds is 5. The summed E-state index contributed by atoms with van der Waals surface area (Å²) < 4.78 is 0.995. The first-order valence-electron chi connectivity index (χ1n) is 4.90. The van der Waals surface area contributed by atoms with Gasteiger partial charge >= 0.3 is 0 Å². The molecule has 1 heterocycles. The second-order valence-electron chi connectivity index (χ2n) is 3.96. The summed E-state index contributed by atoms with van der Waals surface area (Å²) in [6.45, 7) is 4.27. The zero-order chi connectivity index (χ0) is 11.4. The van der Waals surface area contributed by atoms with Gasteiger partial charge in [0.05, 0.1) is 0 Å². The van der Waals surface area contributed by atoms with E-state index in [1.54, 1.807) is 23.1 Å². The van der Waals surface area contributed by atoms with Crippen LogP contribution in [-0.2, 0) is 0 Å². The monoisotopic (exact) mass is 246 g/mol. The van der Waals surface area contributed by atoms with E-state index in [1.165, 1.54) is 0 Å². The number of nitrogens with two attached hydrogens (primary N) is 1. The third-order valence-electron chi connectivity index (χ3n) is 2.03. The molecule has 0 amide bonds. The Morgan fingerprint density at radius 1 is 1.40 bits per heavy atom. The predicted octanol–water partition coefficient (Wildman–Crippen LogP) is 1.68. The highest BCUT2D eigenvalue weighted by Gasteiger charge is 2.11. The Bertz CT molecular complexity index is 298. The molecule has 1 atom stereocenters. The lowest BCUT2D eigenvalue weighted by molar-refractivity contribution is 0.535. The lowest BCUT2D eigenvalue weighted by Gasteiger charge is -2.13. The Labute approximate surface area is 99.3 Å². The van der Waals surface area contributed by atoms with E-state index in [-0.39, 0.29) is 6.04 Å². The van der Waals surface area contributed by atoms with E-state index in [1.807, 2.05) is 19.0 Å². The first kappa shape index (κ1) is 12.7. The second kappa shape index (κ2) is 5.67. The van der Waals surface area contributed by atoms with Crippen molar-refractivity contribution in [1.82, 2.24) is 10.2 Å². The second-order valence-corrected chi connectivity index (χ2v) is 6.19. The number of nitrogens with zero attached hydrogens (tertiary/aromatic N) is 3. The van der Waals surface area contributed by atoms with Crippen LogP contribution in [0.15, 0.2) is 4.34 Å². The fraction of sp³-hybridized carbons (Fsp3) is 0.778. The molecule has 0 saturated carbocycles. The van der Waals surface area contributed by atoms with E-state index in [0.717, 1.165) is 15.2 Å². The summed E-state index contributed by atoms with van der Waals surface area (Å²) in [5.41, 5.74) is 5.96. The maximum absolute atomic E-state index is 5.96. The molecule has 6 heteroatoms. The van der Waals surface area contributed by atoms with Crippen molar-refractivity contribution in [3.63, 3.8) is 0 Å². The SMILES string of the molecule is CC(C)C(N)CSc1nnc(N(C)C)s1. The Hall–Kier alpha value is -0.330. The topological polar surface area (TPSA) is 55.0 Å². The van der Waals surface area contributed by atoms with Gasteiger partial charge in [0.2, 0.25) is 5.13 Å². The van der Waals surface area contributed by atoms with E-state index in [9.17, 15) is 0 Å². The smallest absolute Gasteiger partial charge is 0.208 e. The third-order valence-corrected chi connectivity index (χ3v) is 4.40. The normalized spacial score (nSPS) is 13.2. The van der Waals surface area contributed by atoms with E-state index in [0.29, 0.717) is 5.92 Å². The standard InChI is InChI=1S/C9H18N4S2/c1-6(2)7(10)5-14-9-12-11-8(15-9)13(3)4/h6-7H,5,10H2,1-4H3. The Balaban J connectivity index is 2.44. The molecule has 15 heavy (non-hydrogen) atoms. The molecule has 1 unspecified atom stereocenters. The molecular formula is C9H18N4S2. The van der Waals surface area contributed by atoms with Crippen molar-refractivity contribution in [2.24, 2.45) is 11.7 Å². The fourth-order valence-electron chi connectivity index (χ4n) is 0.802. The Kier molecular flexibility index (Phi) is 4.82. The van der Waals surface area contributed by atoms with Gasteiger partial charge in [0.15, 0.2) is 4.34 Å². The van der Waals surface area contributed by atoms with Gasteiger partial charge in [0.1, 0.15) is 0 Å². The molecule has 0 fully saturated rings. The van der Waals surface area contributed by atoms with Gasteiger partial charge in [-0.1, -0.05) is 36.9 Å². The summed E-state index contributed by atoms with van der Waals surface area (Å²) in [6.07, 6.45) is 0. The van der Waals surface area contributed by atoms with Crippen LogP contribution in [0, 0.1) is 5.92 Å². The molecule has 0 aliphatic carbocycles. The van der Waals surface area contributed by atoms with Crippen molar-refractivity contribution in [2.45, 2.75) is 24.2 Å². The summed E-state index contributed by atoms with van der Waals surface area (Å²) in [5.74, 6) is 1.42. The van der Waals surface area contributed by atoms with Crippen LogP contribution >= 0.6 is 23.1 Å². The van der Waals surface area contributed by atoms with Gasteiger partial charge in [-0.25, -0.2) is 0 Å². The van der Waals surface area contributed by atoms with Gasteiger partial charge < -0.3 is 10.6 Å². The zero-order valence-corrected chi connectivity index (χ0v) is 11.2. The van der Waals surface area contributed by atoms with Crippen LogP contribution < -0.4 is 10.6 Å². The van der Waals surface area contributed by atoms with Crippen molar-refractivity contribution >= 4 is 28.2 Å². The van der Waals surface area contributed by atoms with E-state index in [2.05, 4.69) is 24.0 Å². The number of aromatic nitrogens is 2. The Morgan fingerprint density at radius 3 is 2.53 bits per heavy atom. The van der Waals surface area contributed by atoms with Gasteiger partial charge in [-0.2, -0.15) is 0 Å². The van der Waals surface area contributed by atoms with E-state index in [4.69, 9.17) is 5.73 Å².